The minimum Gasteiger partial charge on any atom is -0.374 e. The van der Waals surface area contributed by atoms with E-state index in [0.29, 0.717) is 22.9 Å². The average Bonchev–Trinajstić information content (AvgIpc) is 3.27. The van der Waals surface area contributed by atoms with E-state index in [2.05, 4.69) is 15.0 Å². The number of nitrogens with one attached hydrogen (secondary N) is 2. The van der Waals surface area contributed by atoms with E-state index in [4.69, 9.17) is 11.5 Å². The normalized spacial score (nSPS) is 14.8. The monoisotopic (exact) mass is 359 g/mol. The van der Waals surface area contributed by atoms with Gasteiger partial charge in [0.2, 0.25) is 5.91 Å². The molecule has 6 N–H and O–H groups in total. The first-order chi connectivity index (χ1) is 11.9. The fourth-order valence-corrected chi connectivity index (χ4v) is 3.32. The highest BCUT2D eigenvalue weighted by Gasteiger charge is 2.28. The maximum Gasteiger partial charge on any atom is 0.250 e. The molecule has 0 spiro atoms. The third kappa shape index (κ3) is 4.48. The maximum atomic E-state index is 11.7. The fourth-order valence-electron chi connectivity index (χ4n) is 2.64. The van der Waals surface area contributed by atoms with E-state index in [9.17, 15) is 9.59 Å². The van der Waals surface area contributed by atoms with Gasteiger partial charge in [0.25, 0.3) is 5.91 Å². The van der Waals surface area contributed by atoms with Crippen LogP contribution in [0, 0.1) is 12.8 Å². The summed E-state index contributed by atoms with van der Waals surface area (Å²) in [6, 6.07) is 6.58. The Balaban J connectivity index is 1.83. The number of primary amides is 2. The first-order valence-corrected chi connectivity index (χ1v) is 8.90. The smallest absolute Gasteiger partial charge is 0.250 e. The van der Waals surface area contributed by atoms with Crippen molar-refractivity contribution in [2.75, 3.05) is 10.6 Å². The van der Waals surface area contributed by atoms with Crippen molar-refractivity contribution in [2.24, 2.45) is 17.4 Å². The van der Waals surface area contributed by atoms with Crippen LogP contribution < -0.4 is 22.1 Å². The zero-order valence-electron chi connectivity index (χ0n) is 13.9. The number of carbonyl (C=O) groups excluding carboxylic acids is 2. The molecule has 1 aromatic heterocycles. The van der Waals surface area contributed by atoms with Crippen molar-refractivity contribution in [3.05, 3.63) is 35.5 Å². The zero-order valence-corrected chi connectivity index (χ0v) is 14.7. The Labute approximate surface area is 150 Å². The summed E-state index contributed by atoms with van der Waals surface area (Å²) in [5.74, 6) is -0.342. The number of carbonyl (C=O) groups is 2. The first-order valence-electron chi connectivity index (χ1n) is 8.12. The van der Waals surface area contributed by atoms with Crippen molar-refractivity contribution in [3.8, 4) is 0 Å². The molecule has 8 heteroatoms. The van der Waals surface area contributed by atoms with Crippen LogP contribution in [-0.2, 0) is 4.79 Å². The van der Waals surface area contributed by atoms with Crippen LogP contribution in [0.4, 0.5) is 16.4 Å². The van der Waals surface area contributed by atoms with Gasteiger partial charge < -0.3 is 22.1 Å². The number of hydrogen-bond acceptors (Lipinski definition) is 6. The third-order valence-electron chi connectivity index (χ3n) is 4.12. The van der Waals surface area contributed by atoms with Crippen LogP contribution in [0.1, 0.15) is 35.3 Å². The summed E-state index contributed by atoms with van der Waals surface area (Å²) >= 11 is 1.30. The number of aromatic nitrogens is 1. The van der Waals surface area contributed by atoms with Gasteiger partial charge in [0.15, 0.2) is 0 Å². The number of anilines is 3. The summed E-state index contributed by atoms with van der Waals surface area (Å²) in [6.45, 7) is 1.89. The second kappa shape index (κ2) is 7.10. The van der Waals surface area contributed by atoms with E-state index in [1.807, 2.05) is 13.0 Å². The number of aryl methyl sites for hydroxylation is 1. The Kier molecular flexibility index (Phi) is 4.89. The molecule has 25 heavy (non-hydrogen) atoms. The quantitative estimate of drug-likeness (QED) is 0.576. The van der Waals surface area contributed by atoms with Crippen LogP contribution in [0.3, 0.4) is 0 Å². The minimum atomic E-state index is -0.528. The minimum absolute atomic E-state index is 0.370. The van der Waals surface area contributed by atoms with Gasteiger partial charge in [-0.3, -0.25) is 9.59 Å². The van der Waals surface area contributed by atoms with E-state index < -0.39 is 11.9 Å². The zero-order chi connectivity index (χ0) is 18.0. The lowest BCUT2D eigenvalue weighted by Gasteiger charge is -2.18. The molecule has 0 radical (unpaired) electrons. The maximum absolute atomic E-state index is 11.7. The van der Waals surface area contributed by atoms with Crippen molar-refractivity contribution in [1.82, 2.24) is 4.37 Å². The molecule has 1 fully saturated rings. The summed E-state index contributed by atoms with van der Waals surface area (Å²) in [5.41, 5.74) is 13.5. The molecule has 0 unspecified atom stereocenters. The Hall–Kier alpha value is -2.61. The number of amides is 2. The molecule has 1 aliphatic carbocycles. The lowest BCUT2D eigenvalue weighted by atomic mass is 10.1. The molecule has 132 valence electrons. The predicted octanol–water partition coefficient (Wildman–Crippen LogP) is 2.36. The Morgan fingerprint density at radius 3 is 2.64 bits per heavy atom. The molecule has 1 heterocycles. The molecule has 2 aromatic rings. The summed E-state index contributed by atoms with van der Waals surface area (Å²) in [7, 11) is 0. The van der Waals surface area contributed by atoms with Crippen molar-refractivity contribution < 1.29 is 9.59 Å². The molecule has 1 aliphatic rings. The van der Waals surface area contributed by atoms with Crippen molar-refractivity contribution in [1.29, 1.82) is 0 Å². The lowest BCUT2D eigenvalue weighted by molar-refractivity contribution is -0.118. The second-order valence-corrected chi connectivity index (χ2v) is 7.17. The third-order valence-corrected chi connectivity index (χ3v) is 4.92. The summed E-state index contributed by atoms with van der Waals surface area (Å²) in [5, 5.41) is 7.15. The van der Waals surface area contributed by atoms with Gasteiger partial charge in [-0.15, -0.1) is 0 Å². The van der Waals surface area contributed by atoms with Gasteiger partial charge in [0, 0.05) is 5.69 Å². The standard InChI is InChI=1S/C17H21N5O2S/c1-9-6-15(25-22-9)21-13-8-11(4-5-12(13)16(18)23)20-14(17(19)24)7-10-2-3-10/h4-6,8,10,14,20-21H,2-3,7H2,1H3,(H2,18,23)(H2,19,24)/t14-/m1/s1. The van der Waals surface area contributed by atoms with Gasteiger partial charge >= 0.3 is 0 Å². The topological polar surface area (TPSA) is 123 Å². The molecule has 7 nitrogen and oxygen atoms in total. The highest BCUT2D eigenvalue weighted by atomic mass is 32.1. The predicted molar refractivity (Wildman–Crippen MR) is 99.0 cm³/mol. The molecule has 1 atom stereocenters. The van der Waals surface area contributed by atoms with Crippen LogP contribution in [-0.4, -0.2) is 22.2 Å². The summed E-state index contributed by atoms with van der Waals surface area (Å²) in [6.07, 6.45) is 3.01. The van der Waals surface area contributed by atoms with Crippen LogP contribution in [0.25, 0.3) is 0 Å². The largest absolute Gasteiger partial charge is 0.374 e. The number of nitrogens with two attached hydrogens (primary N) is 2. The van der Waals surface area contributed by atoms with Crippen LogP contribution >= 0.6 is 11.5 Å². The van der Waals surface area contributed by atoms with Gasteiger partial charge in [-0.2, -0.15) is 4.37 Å². The fraction of sp³-hybridized carbons (Fsp3) is 0.353. The van der Waals surface area contributed by atoms with Gasteiger partial charge in [0.05, 0.1) is 16.9 Å². The number of rotatable bonds is 8. The van der Waals surface area contributed by atoms with E-state index in [-0.39, 0.29) is 5.91 Å². The van der Waals surface area contributed by atoms with Gasteiger partial charge in [-0.1, -0.05) is 12.8 Å². The Morgan fingerprint density at radius 1 is 1.32 bits per heavy atom. The van der Waals surface area contributed by atoms with Gasteiger partial charge in [0.1, 0.15) is 11.0 Å². The summed E-state index contributed by atoms with van der Waals surface area (Å²) < 4.78 is 4.21. The molecule has 0 saturated heterocycles. The molecule has 1 saturated carbocycles. The molecule has 1 aromatic carbocycles. The van der Waals surface area contributed by atoms with E-state index in [0.717, 1.165) is 30.0 Å². The first kappa shape index (κ1) is 17.2. The highest BCUT2D eigenvalue weighted by Crippen LogP contribution is 2.34. The highest BCUT2D eigenvalue weighted by molar-refractivity contribution is 7.10. The van der Waals surface area contributed by atoms with E-state index >= 15 is 0 Å². The molecule has 0 aliphatic heterocycles. The van der Waals surface area contributed by atoms with Gasteiger partial charge in [-0.05, 0) is 55.1 Å². The average molecular weight is 359 g/mol. The van der Waals surface area contributed by atoms with E-state index in [1.54, 1.807) is 18.2 Å². The van der Waals surface area contributed by atoms with E-state index in [1.165, 1.54) is 11.5 Å². The van der Waals surface area contributed by atoms with Crippen molar-refractivity contribution in [3.63, 3.8) is 0 Å². The van der Waals surface area contributed by atoms with Gasteiger partial charge in [-0.25, -0.2) is 0 Å². The van der Waals surface area contributed by atoms with Crippen LogP contribution in [0.15, 0.2) is 24.3 Å². The van der Waals surface area contributed by atoms with Crippen molar-refractivity contribution >= 4 is 39.7 Å². The Morgan fingerprint density at radius 2 is 2.08 bits per heavy atom. The van der Waals surface area contributed by atoms with Crippen molar-refractivity contribution in [2.45, 2.75) is 32.2 Å². The molecular weight excluding hydrogens is 338 g/mol. The number of hydrogen-bond donors (Lipinski definition) is 4. The number of nitrogens with zero attached hydrogens (tertiary/aromatic N) is 1. The molecule has 0 bridgehead atoms. The van der Waals surface area contributed by atoms with Crippen LogP contribution in [0.5, 0.6) is 0 Å². The van der Waals surface area contributed by atoms with Crippen LogP contribution in [0.2, 0.25) is 0 Å². The molecule has 2 amide bonds. The SMILES string of the molecule is Cc1cc(Nc2cc(N[C@H](CC3CC3)C(N)=O)ccc2C(N)=O)sn1. The second-order valence-electron chi connectivity index (χ2n) is 6.36. The lowest BCUT2D eigenvalue weighted by Crippen LogP contribution is -2.35. The summed E-state index contributed by atoms with van der Waals surface area (Å²) in [4.78, 5) is 23.4. The molecular formula is C17H21N5O2S. The Bertz CT molecular complexity index is 800. The number of benzene rings is 1. The molecule has 3 rings (SSSR count).